The minimum Gasteiger partial charge on any atom is -0.477 e. The molecule has 1 aliphatic heterocycles. The van der Waals surface area contributed by atoms with E-state index in [1.165, 1.54) is 18.7 Å². The first-order valence-corrected chi connectivity index (χ1v) is 8.44. The Morgan fingerprint density at radius 2 is 2.00 bits per heavy atom. The average Bonchev–Trinajstić information content (AvgIpc) is 3.32. The maximum absolute atomic E-state index is 5.44. The summed E-state index contributed by atoms with van der Waals surface area (Å²) in [6.45, 7) is 4.49. The fourth-order valence-corrected chi connectivity index (χ4v) is 3.25. The summed E-state index contributed by atoms with van der Waals surface area (Å²) in [4.78, 5) is 11.1. The van der Waals surface area contributed by atoms with Gasteiger partial charge in [0.1, 0.15) is 12.2 Å². The molecule has 3 heterocycles. The number of anilines is 1. The van der Waals surface area contributed by atoms with Crippen molar-refractivity contribution in [3.05, 3.63) is 24.5 Å². The quantitative estimate of drug-likeness (QED) is 0.842. The Morgan fingerprint density at radius 3 is 2.74 bits per heavy atom. The van der Waals surface area contributed by atoms with E-state index >= 15 is 0 Å². The average molecular weight is 314 g/mol. The lowest BCUT2D eigenvalue weighted by Crippen LogP contribution is -2.34. The second-order valence-corrected chi connectivity index (χ2v) is 6.24. The third-order valence-corrected chi connectivity index (χ3v) is 4.62. The molecular formula is C16H22N6O. The molecule has 1 saturated carbocycles. The van der Waals surface area contributed by atoms with Crippen LogP contribution < -0.4 is 9.64 Å². The van der Waals surface area contributed by atoms with Crippen molar-refractivity contribution in [1.29, 1.82) is 0 Å². The first kappa shape index (κ1) is 14.4. The molecule has 1 saturated heterocycles. The van der Waals surface area contributed by atoms with Crippen LogP contribution in [0.5, 0.6) is 5.88 Å². The summed E-state index contributed by atoms with van der Waals surface area (Å²) in [5, 5.41) is 8.51. The summed E-state index contributed by atoms with van der Waals surface area (Å²) in [5.41, 5.74) is 0. The van der Waals surface area contributed by atoms with E-state index in [4.69, 9.17) is 4.74 Å². The molecule has 0 amide bonds. The molecule has 0 atom stereocenters. The van der Waals surface area contributed by atoms with E-state index in [0.717, 1.165) is 31.7 Å². The largest absolute Gasteiger partial charge is 0.477 e. The van der Waals surface area contributed by atoms with Gasteiger partial charge in [-0.3, -0.25) is 4.98 Å². The Kier molecular flexibility index (Phi) is 3.85. The van der Waals surface area contributed by atoms with Gasteiger partial charge in [-0.15, -0.1) is 10.2 Å². The van der Waals surface area contributed by atoms with Gasteiger partial charge in [0.25, 0.3) is 0 Å². The van der Waals surface area contributed by atoms with E-state index < -0.39 is 0 Å². The molecule has 0 N–H and O–H groups in total. The maximum Gasteiger partial charge on any atom is 0.234 e. The van der Waals surface area contributed by atoms with Gasteiger partial charge in [0, 0.05) is 25.0 Å². The topological polar surface area (TPSA) is 69.0 Å². The number of hydrogen-bond acceptors (Lipinski definition) is 6. The number of piperidine rings is 1. The second kappa shape index (κ2) is 6.14. The Labute approximate surface area is 135 Å². The van der Waals surface area contributed by atoms with Crippen molar-refractivity contribution in [3.63, 3.8) is 0 Å². The highest BCUT2D eigenvalue weighted by Gasteiger charge is 2.31. The molecule has 4 rings (SSSR count). The smallest absolute Gasteiger partial charge is 0.234 e. The summed E-state index contributed by atoms with van der Waals surface area (Å²) < 4.78 is 7.73. The summed E-state index contributed by atoms with van der Waals surface area (Å²) in [5.74, 6) is 3.16. The number of nitrogens with zero attached hydrogens (tertiary/aromatic N) is 6. The van der Waals surface area contributed by atoms with Gasteiger partial charge in [-0.25, -0.2) is 0 Å². The molecule has 0 bridgehead atoms. The van der Waals surface area contributed by atoms with Crippen LogP contribution in [0.3, 0.4) is 0 Å². The van der Waals surface area contributed by atoms with Gasteiger partial charge in [0.05, 0.1) is 19.0 Å². The molecule has 23 heavy (non-hydrogen) atoms. The Morgan fingerprint density at radius 1 is 1.17 bits per heavy atom. The fourth-order valence-electron chi connectivity index (χ4n) is 3.25. The van der Waals surface area contributed by atoms with E-state index in [0.29, 0.717) is 24.4 Å². The van der Waals surface area contributed by atoms with Gasteiger partial charge in [-0.2, -0.15) is 4.98 Å². The molecule has 0 spiro atoms. The number of hydrogen-bond donors (Lipinski definition) is 0. The first-order chi connectivity index (χ1) is 11.3. The van der Waals surface area contributed by atoms with Crippen molar-refractivity contribution in [2.75, 3.05) is 24.6 Å². The molecule has 0 unspecified atom stereocenters. The van der Waals surface area contributed by atoms with Crippen molar-refractivity contribution in [3.8, 4) is 5.88 Å². The van der Waals surface area contributed by atoms with E-state index in [1.54, 1.807) is 6.20 Å². The molecule has 7 heteroatoms. The predicted molar refractivity (Wildman–Crippen MR) is 85.7 cm³/mol. The Balaban J connectivity index is 1.42. The van der Waals surface area contributed by atoms with Crippen molar-refractivity contribution in [2.24, 2.45) is 0 Å². The van der Waals surface area contributed by atoms with Gasteiger partial charge in [-0.1, -0.05) is 0 Å². The zero-order chi connectivity index (χ0) is 15.6. The number of aromatic nitrogens is 5. The van der Waals surface area contributed by atoms with Crippen LogP contribution >= 0.6 is 0 Å². The van der Waals surface area contributed by atoms with E-state index in [1.807, 2.05) is 19.4 Å². The molecule has 2 aromatic rings. The van der Waals surface area contributed by atoms with Crippen LogP contribution in [0.15, 0.2) is 18.7 Å². The van der Waals surface area contributed by atoms with Crippen LogP contribution in [0.25, 0.3) is 0 Å². The van der Waals surface area contributed by atoms with Crippen LogP contribution in [0.4, 0.5) is 5.82 Å². The highest BCUT2D eigenvalue weighted by Crippen LogP contribution is 2.38. The number of rotatable bonds is 5. The third-order valence-electron chi connectivity index (χ3n) is 4.62. The minimum absolute atomic E-state index is 0.498. The van der Waals surface area contributed by atoms with Crippen LogP contribution in [-0.2, 0) is 0 Å². The molecule has 2 fully saturated rings. The second-order valence-electron chi connectivity index (χ2n) is 6.24. The standard InChI is InChI=1S/C16H22N6O/c1-2-23-15-10-17-9-14(19-15)21-7-5-12(6-8-21)16-20-18-11-22(16)13-3-4-13/h9-13H,2-8H2,1H3. The normalized spacial score (nSPS) is 19.1. The van der Waals surface area contributed by atoms with Crippen molar-refractivity contribution in [2.45, 2.75) is 44.6 Å². The van der Waals surface area contributed by atoms with Gasteiger partial charge in [-0.05, 0) is 32.6 Å². The first-order valence-electron chi connectivity index (χ1n) is 8.44. The van der Waals surface area contributed by atoms with Gasteiger partial charge >= 0.3 is 0 Å². The molecular weight excluding hydrogens is 292 g/mol. The molecule has 0 aromatic carbocycles. The van der Waals surface area contributed by atoms with Crippen LogP contribution in [0.1, 0.15) is 50.4 Å². The molecule has 122 valence electrons. The highest BCUT2D eigenvalue weighted by molar-refractivity contribution is 5.38. The summed E-state index contributed by atoms with van der Waals surface area (Å²) in [6.07, 6.45) is 10.1. The molecule has 1 aliphatic carbocycles. The van der Waals surface area contributed by atoms with Gasteiger partial charge in [0.2, 0.25) is 5.88 Å². The fraction of sp³-hybridized carbons (Fsp3) is 0.625. The molecule has 2 aromatic heterocycles. The van der Waals surface area contributed by atoms with Crippen LogP contribution in [0.2, 0.25) is 0 Å². The lowest BCUT2D eigenvalue weighted by atomic mass is 9.96. The Hall–Kier alpha value is -2.18. The molecule has 7 nitrogen and oxygen atoms in total. The Bertz CT molecular complexity index is 660. The van der Waals surface area contributed by atoms with Crippen molar-refractivity contribution >= 4 is 5.82 Å². The highest BCUT2D eigenvalue weighted by atomic mass is 16.5. The van der Waals surface area contributed by atoms with Gasteiger partial charge < -0.3 is 14.2 Å². The van der Waals surface area contributed by atoms with Gasteiger partial charge in [0.15, 0.2) is 5.82 Å². The maximum atomic E-state index is 5.44. The third kappa shape index (κ3) is 3.00. The summed E-state index contributed by atoms with van der Waals surface area (Å²) >= 11 is 0. The van der Waals surface area contributed by atoms with E-state index in [-0.39, 0.29) is 0 Å². The van der Waals surface area contributed by atoms with Crippen molar-refractivity contribution < 1.29 is 4.74 Å². The summed E-state index contributed by atoms with van der Waals surface area (Å²) in [6, 6.07) is 0.645. The minimum atomic E-state index is 0.498. The van der Waals surface area contributed by atoms with Crippen molar-refractivity contribution in [1.82, 2.24) is 24.7 Å². The van der Waals surface area contributed by atoms with Crippen LogP contribution in [0, 0.1) is 0 Å². The molecule has 2 aliphatic rings. The van der Waals surface area contributed by atoms with E-state index in [9.17, 15) is 0 Å². The lowest BCUT2D eigenvalue weighted by Gasteiger charge is -2.32. The number of ether oxygens (including phenoxy) is 1. The lowest BCUT2D eigenvalue weighted by molar-refractivity contribution is 0.325. The predicted octanol–water partition coefficient (Wildman–Crippen LogP) is 2.19. The monoisotopic (exact) mass is 314 g/mol. The summed E-state index contributed by atoms with van der Waals surface area (Å²) in [7, 11) is 0. The zero-order valence-corrected chi connectivity index (χ0v) is 13.4. The van der Waals surface area contributed by atoms with Crippen LogP contribution in [-0.4, -0.2) is 44.4 Å². The molecule has 0 radical (unpaired) electrons. The SMILES string of the molecule is CCOc1cncc(N2CCC(c3nncn3C3CC3)CC2)n1. The van der Waals surface area contributed by atoms with E-state index in [2.05, 4.69) is 29.6 Å². The zero-order valence-electron chi connectivity index (χ0n) is 13.4.